The third-order valence-corrected chi connectivity index (χ3v) is 4.82. The predicted octanol–water partition coefficient (Wildman–Crippen LogP) is 2.16. The van der Waals surface area contributed by atoms with Crippen molar-refractivity contribution in [2.45, 2.75) is 51.7 Å². The molecule has 1 aliphatic heterocycles. The number of nitrogens with zero attached hydrogens (tertiary/aromatic N) is 5. The van der Waals surface area contributed by atoms with Crippen molar-refractivity contribution in [3.8, 4) is 0 Å². The first-order chi connectivity index (χ1) is 14.4. The van der Waals surface area contributed by atoms with E-state index >= 15 is 0 Å². The van der Waals surface area contributed by atoms with Crippen LogP contribution in [-0.2, 0) is 30.2 Å². The third-order valence-electron chi connectivity index (χ3n) is 4.54. The number of hydrogen-bond donors (Lipinski definition) is 0. The number of aryl methyl sites for hydroxylation is 1. The lowest BCUT2D eigenvalue weighted by molar-refractivity contribution is -0.165. The fourth-order valence-corrected chi connectivity index (χ4v) is 3.50. The molecule has 0 spiro atoms. The van der Waals surface area contributed by atoms with Crippen LogP contribution < -0.4 is 0 Å². The molecule has 0 radical (unpaired) electrons. The average Bonchev–Trinajstić information content (AvgIpc) is 3.40. The maximum Gasteiger partial charge on any atom is 0.303 e. The Morgan fingerprint density at radius 3 is 2.53 bits per heavy atom. The fourth-order valence-electron chi connectivity index (χ4n) is 3.33. The second-order valence-electron chi connectivity index (χ2n) is 6.60. The molecule has 0 aromatic carbocycles. The summed E-state index contributed by atoms with van der Waals surface area (Å²) in [6, 6.07) is 0. The van der Waals surface area contributed by atoms with Crippen LogP contribution >= 0.6 is 11.6 Å². The van der Waals surface area contributed by atoms with Gasteiger partial charge in [-0.2, -0.15) is 0 Å². The molecule has 0 N–H and O–H groups in total. The first kappa shape index (κ1) is 20.2. The van der Waals surface area contributed by atoms with Crippen LogP contribution in [0, 0.1) is 0 Å². The van der Waals surface area contributed by atoms with Crippen LogP contribution in [0.3, 0.4) is 0 Å². The van der Waals surface area contributed by atoms with Crippen molar-refractivity contribution in [1.29, 1.82) is 0 Å². The number of carbonyl (C=O) groups excluding carboxylic acids is 2. The summed E-state index contributed by atoms with van der Waals surface area (Å²) in [6.45, 7) is 4.41. The minimum Gasteiger partial charge on any atom is -0.455 e. The lowest BCUT2D eigenvalue weighted by Gasteiger charge is -2.23. The molecule has 3 aromatic heterocycles. The minimum absolute atomic E-state index is 0.161. The molecule has 0 aliphatic carbocycles. The Hall–Kier alpha value is -3.05. The van der Waals surface area contributed by atoms with Gasteiger partial charge in [-0.25, -0.2) is 19.9 Å². The Morgan fingerprint density at radius 2 is 1.87 bits per heavy atom. The largest absolute Gasteiger partial charge is 0.455 e. The zero-order valence-electron chi connectivity index (χ0n) is 16.3. The quantitative estimate of drug-likeness (QED) is 0.433. The van der Waals surface area contributed by atoms with Crippen molar-refractivity contribution in [1.82, 2.24) is 24.5 Å². The van der Waals surface area contributed by atoms with Gasteiger partial charge in [0.05, 0.1) is 12.5 Å². The van der Waals surface area contributed by atoms with Crippen LogP contribution in [0.25, 0.3) is 11.2 Å². The van der Waals surface area contributed by atoms with Gasteiger partial charge in [-0.3, -0.25) is 14.2 Å². The number of halogens is 1. The van der Waals surface area contributed by atoms with Gasteiger partial charge in [0.15, 0.2) is 35.3 Å². The van der Waals surface area contributed by atoms with Crippen molar-refractivity contribution in [2.24, 2.45) is 0 Å². The number of carbonyl (C=O) groups is 2. The number of rotatable bonds is 5. The standard InChI is InChI=1S/C18H18ClN5O6/c1-4-10-5-20-17(29-10)13-12(27-8(2)25)14(28-9(3)26)18(30-13)24-7-23-11-15(19)21-6-22-16(11)24/h5-7,12-14,18H,4H2,1-3H3. The van der Waals surface area contributed by atoms with Gasteiger partial charge in [-0.1, -0.05) is 18.5 Å². The van der Waals surface area contributed by atoms with Crippen molar-refractivity contribution in [3.05, 3.63) is 35.7 Å². The normalized spacial score (nSPS) is 23.6. The SMILES string of the molecule is CCc1cnc(C2OC(n3cnc4c(Cl)ncnc43)C(OC(C)=O)C2OC(C)=O)o1. The van der Waals surface area contributed by atoms with Gasteiger partial charge < -0.3 is 18.6 Å². The van der Waals surface area contributed by atoms with Gasteiger partial charge in [-0.15, -0.1) is 0 Å². The topological polar surface area (TPSA) is 131 Å². The zero-order valence-corrected chi connectivity index (χ0v) is 17.1. The van der Waals surface area contributed by atoms with Crippen molar-refractivity contribution >= 4 is 34.7 Å². The summed E-state index contributed by atoms with van der Waals surface area (Å²) in [4.78, 5) is 40.2. The molecule has 0 saturated carbocycles. The molecule has 4 unspecified atom stereocenters. The Bertz CT molecular complexity index is 1100. The van der Waals surface area contributed by atoms with Crippen molar-refractivity contribution in [2.75, 3.05) is 0 Å². The lowest BCUT2D eigenvalue weighted by atomic mass is 10.1. The summed E-state index contributed by atoms with van der Waals surface area (Å²) in [7, 11) is 0. The second-order valence-corrected chi connectivity index (χ2v) is 6.96. The van der Waals surface area contributed by atoms with Gasteiger partial charge in [-0.05, 0) is 0 Å². The lowest BCUT2D eigenvalue weighted by Crippen LogP contribution is -2.36. The minimum atomic E-state index is -1.01. The van der Waals surface area contributed by atoms with Crippen LogP contribution in [0.1, 0.15) is 44.8 Å². The maximum atomic E-state index is 11.8. The van der Waals surface area contributed by atoms with Crippen molar-refractivity contribution in [3.63, 3.8) is 0 Å². The van der Waals surface area contributed by atoms with E-state index in [1.54, 1.807) is 6.20 Å². The molecule has 30 heavy (non-hydrogen) atoms. The highest BCUT2D eigenvalue weighted by molar-refractivity contribution is 6.33. The number of esters is 2. The highest BCUT2D eigenvalue weighted by Crippen LogP contribution is 2.43. The van der Waals surface area contributed by atoms with E-state index in [9.17, 15) is 9.59 Å². The summed E-state index contributed by atoms with van der Waals surface area (Å²) in [5.41, 5.74) is 0.710. The number of ether oxygens (including phenoxy) is 3. The molecule has 0 amide bonds. The molecule has 0 bridgehead atoms. The van der Waals surface area contributed by atoms with Crippen LogP contribution in [-0.4, -0.2) is 48.6 Å². The fraction of sp³-hybridized carbons (Fsp3) is 0.444. The molecule has 4 rings (SSSR count). The van der Waals surface area contributed by atoms with Gasteiger partial charge in [0.1, 0.15) is 17.6 Å². The highest BCUT2D eigenvalue weighted by atomic mass is 35.5. The van der Waals surface area contributed by atoms with E-state index in [-0.39, 0.29) is 11.0 Å². The molecule has 4 heterocycles. The Labute approximate surface area is 175 Å². The van der Waals surface area contributed by atoms with Crippen LogP contribution in [0.4, 0.5) is 0 Å². The summed E-state index contributed by atoms with van der Waals surface area (Å²) < 4.78 is 24.3. The molecule has 158 valence electrons. The molecule has 1 aliphatic rings. The first-order valence-corrected chi connectivity index (χ1v) is 9.54. The summed E-state index contributed by atoms with van der Waals surface area (Å²) >= 11 is 6.09. The third kappa shape index (κ3) is 3.61. The van der Waals surface area contributed by atoms with Crippen LogP contribution in [0.2, 0.25) is 5.15 Å². The van der Waals surface area contributed by atoms with Crippen molar-refractivity contribution < 1.29 is 28.2 Å². The van der Waals surface area contributed by atoms with Crippen LogP contribution in [0.5, 0.6) is 0 Å². The van der Waals surface area contributed by atoms with E-state index in [1.807, 2.05) is 6.92 Å². The number of hydrogen-bond acceptors (Lipinski definition) is 10. The van der Waals surface area contributed by atoms with Gasteiger partial charge in [0.2, 0.25) is 5.89 Å². The smallest absolute Gasteiger partial charge is 0.303 e. The Morgan fingerprint density at radius 1 is 1.13 bits per heavy atom. The monoisotopic (exact) mass is 435 g/mol. The molecule has 4 atom stereocenters. The molecule has 1 fully saturated rings. The number of oxazole rings is 1. The number of aromatic nitrogens is 5. The molecule has 3 aromatic rings. The van der Waals surface area contributed by atoms with E-state index in [1.165, 1.54) is 31.1 Å². The summed E-state index contributed by atoms with van der Waals surface area (Å²) in [6.07, 6.45) is 1.03. The van der Waals surface area contributed by atoms with E-state index in [2.05, 4.69) is 19.9 Å². The first-order valence-electron chi connectivity index (χ1n) is 9.16. The number of imidazole rings is 1. The molecular formula is C18H18ClN5O6. The zero-order chi connectivity index (χ0) is 21.4. The maximum absolute atomic E-state index is 11.8. The number of fused-ring (bicyclic) bond motifs is 1. The Kier molecular flexibility index (Phi) is 5.39. The Balaban J connectivity index is 1.80. The average molecular weight is 436 g/mol. The molecule has 12 heteroatoms. The van der Waals surface area contributed by atoms with E-state index in [0.29, 0.717) is 23.3 Å². The van der Waals surface area contributed by atoms with Gasteiger partial charge >= 0.3 is 11.9 Å². The van der Waals surface area contributed by atoms with Crippen LogP contribution in [0.15, 0.2) is 23.3 Å². The predicted molar refractivity (Wildman–Crippen MR) is 100 cm³/mol. The summed E-state index contributed by atoms with van der Waals surface area (Å²) in [5, 5.41) is 0.161. The molecular weight excluding hydrogens is 418 g/mol. The second kappa shape index (κ2) is 8.00. The van der Waals surface area contributed by atoms with E-state index in [4.69, 9.17) is 30.2 Å². The molecule has 11 nitrogen and oxygen atoms in total. The van der Waals surface area contributed by atoms with Gasteiger partial charge in [0, 0.05) is 20.3 Å². The van der Waals surface area contributed by atoms with E-state index < -0.39 is 36.5 Å². The van der Waals surface area contributed by atoms with E-state index in [0.717, 1.165) is 0 Å². The van der Waals surface area contributed by atoms with Gasteiger partial charge in [0.25, 0.3) is 0 Å². The summed E-state index contributed by atoms with van der Waals surface area (Å²) in [5.74, 6) is -0.315. The highest BCUT2D eigenvalue weighted by Gasteiger charge is 2.53. The molecule has 1 saturated heterocycles.